The molecule has 0 atom stereocenters. The lowest BCUT2D eigenvalue weighted by atomic mass is 10.1. The SMILES string of the molecule is COc1c(C)cccc1C1=N/C(=C/c2ccc(F)cc2)C(=O)O1. The molecule has 0 aliphatic carbocycles. The highest BCUT2D eigenvalue weighted by Crippen LogP contribution is 2.27. The van der Waals surface area contributed by atoms with Gasteiger partial charge < -0.3 is 9.47 Å². The average Bonchev–Trinajstić information content (AvgIpc) is 2.90. The highest BCUT2D eigenvalue weighted by atomic mass is 19.1. The first-order valence-corrected chi connectivity index (χ1v) is 7.00. The molecule has 0 saturated heterocycles. The minimum atomic E-state index is -0.548. The molecule has 4 nitrogen and oxygen atoms in total. The molecule has 1 aliphatic heterocycles. The van der Waals surface area contributed by atoms with Crippen molar-refractivity contribution in [1.29, 1.82) is 0 Å². The largest absolute Gasteiger partial charge is 0.496 e. The van der Waals surface area contributed by atoms with Crippen molar-refractivity contribution in [2.45, 2.75) is 6.92 Å². The molecule has 0 aromatic heterocycles. The Morgan fingerprint density at radius 3 is 2.61 bits per heavy atom. The Morgan fingerprint density at radius 2 is 1.91 bits per heavy atom. The Hall–Kier alpha value is -2.95. The normalized spacial score (nSPS) is 15.5. The van der Waals surface area contributed by atoms with Crippen molar-refractivity contribution in [1.82, 2.24) is 0 Å². The number of para-hydroxylation sites is 1. The van der Waals surface area contributed by atoms with Crippen LogP contribution in [0.1, 0.15) is 16.7 Å². The number of hydrogen-bond acceptors (Lipinski definition) is 4. The number of rotatable bonds is 3. The van der Waals surface area contributed by atoms with Crippen molar-refractivity contribution in [3.63, 3.8) is 0 Å². The van der Waals surface area contributed by atoms with E-state index in [0.29, 0.717) is 16.9 Å². The fraction of sp³-hybridized carbons (Fsp3) is 0.111. The Labute approximate surface area is 132 Å². The summed E-state index contributed by atoms with van der Waals surface area (Å²) >= 11 is 0. The summed E-state index contributed by atoms with van der Waals surface area (Å²) in [4.78, 5) is 16.2. The topological polar surface area (TPSA) is 47.9 Å². The highest BCUT2D eigenvalue weighted by molar-refractivity contribution is 6.13. The van der Waals surface area contributed by atoms with Crippen LogP contribution in [0, 0.1) is 12.7 Å². The molecular weight excluding hydrogens is 297 g/mol. The Bertz CT molecular complexity index is 823. The predicted molar refractivity (Wildman–Crippen MR) is 84.7 cm³/mol. The van der Waals surface area contributed by atoms with E-state index in [9.17, 15) is 9.18 Å². The summed E-state index contributed by atoms with van der Waals surface area (Å²) in [6.45, 7) is 1.90. The summed E-state index contributed by atoms with van der Waals surface area (Å²) in [6.07, 6.45) is 1.55. The van der Waals surface area contributed by atoms with Crippen molar-refractivity contribution >= 4 is 17.9 Å². The standard InChI is InChI=1S/C18H14FNO3/c1-11-4-3-5-14(16(11)22-2)17-20-15(18(21)23-17)10-12-6-8-13(19)9-7-12/h3-10H,1-2H3/b15-10+. The van der Waals surface area contributed by atoms with Crippen molar-refractivity contribution in [3.05, 3.63) is 70.7 Å². The van der Waals surface area contributed by atoms with E-state index in [1.54, 1.807) is 31.4 Å². The lowest BCUT2D eigenvalue weighted by Gasteiger charge is -2.09. The van der Waals surface area contributed by atoms with Gasteiger partial charge in [0.1, 0.15) is 11.6 Å². The fourth-order valence-corrected chi connectivity index (χ4v) is 2.33. The van der Waals surface area contributed by atoms with E-state index >= 15 is 0 Å². The number of benzene rings is 2. The van der Waals surface area contributed by atoms with Crippen LogP contribution in [-0.4, -0.2) is 19.0 Å². The minimum Gasteiger partial charge on any atom is -0.496 e. The molecule has 0 bridgehead atoms. The van der Waals surface area contributed by atoms with Gasteiger partial charge in [-0.1, -0.05) is 24.3 Å². The van der Waals surface area contributed by atoms with Crippen LogP contribution in [0.2, 0.25) is 0 Å². The van der Waals surface area contributed by atoms with Crippen LogP contribution in [0.4, 0.5) is 4.39 Å². The van der Waals surface area contributed by atoms with E-state index in [-0.39, 0.29) is 17.4 Å². The molecule has 2 aromatic rings. The lowest BCUT2D eigenvalue weighted by Crippen LogP contribution is -2.07. The zero-order valence-electron chi connectivity index (χ0n) is 12.7. The molecular formula is C18H14FNO3. The smallest absolute Gasteiger partial charge is 0.363 e. The van der Waals surface area contributed by atoms with Crippen molar-refractivity contribution in [3.8, 4) is 5.75 Å². The lowest BCUT2D eigenvalue weighted by molar-refractivity contribution is -0.129. The molecule has 0 saturated carbocycles. The quantitative estimate of drug-likeness (QED) is 0.644. The third-order valence-electron chi connectivity index (χ3n) is 3.44. The number of aryl methyl sites for hydroxylation is 1. The monoisotopic (exact) mass is 311 g/mol. The third-order valence-corrected chi connectivity index (χ3v) is 3.44. The van der Waals surface area contributed by atoms with Crippen molar-refractivity contribution in [2.75, 3.05) is 7.11 Å². The number of hydrogen-bond donors (Lipinski definition) is 0. The fourth-order valence-electron chi connectivity index (χ4n) is 2.33. The van der Waals surface area contributed by atoms with Gasteiger partial charge in [-0.05, 0) is 42.3 Å². The van der Waals surface area contributed by atoms with Gasteiger partial charge >= 0.3 is 5.97 Å². The van der Waals surface area contributed by atoms with Gasteiger partial charge in [0.25, 0.3) is 0 Å². The van der Waals surface area contributed by atoms with Crippen LogP contribution < -0.4 is 4.74 Å². The molecule has 0 spiro atoms. The van der Waals surface area contributed by atoms with Crippen LogP contribution >= 0.6 is 0 Å². The number of carbonyl (C=O) groups is 1. The van der Waals surface area contributed by atoms with Crippen LogP contribution in [0.15, 0.2) is 53.2 Å². The summed E-state index contributed by atoms with van der Waals surface area (Å²) in [5, 5.41) is 0. The zero-order chi connectivity index (χ0) is 16.4. The second-order valence-electron chi connectivity index (χ2n) is 5.04. The van der Waals surface area contributed by atoms with E-state index in [1.807, 2.05) is 19.1 Å². The average molecular weight is 311 g/mol. The minimum absolute atomic E-state index is 0.162. The van der Waals surface area contributed by atoms with Crippen LogP contribution in [0.25, 0.3) is 6.08 Å². The number of ether oxygens (including phenoxy) is 2. The van der Waals surface area contributed by atoms with Gasteiger partial charge in [-0.15, -0.1) is 0 Å². The molecule has 5 heteroatoms. The number of cyclic esters (lactones) is 1. The molecule has 1 heterocycles. The van der Waals surface area contributed by atoms with Crippen LogP contribution in [0.5, 0.6) is 5.75 Å². The second kappa shape index (κ2) is 6.04. The van der Waals surface area contributed by atoms with E-state index in [2.05, 4.69) is 4.99 Å². The molecule has 1 aliphatic rings. The first-order chi connectivity index (χ1) is 11.1. The highest BCUT2D eigenvalue weighted by Gasteiger charge is 2.26. The third kappa shape index (κ3) is 2.99. The van der Waals surface area contributed by atoms with E-state index in [0.717, 1.165) is 5.56 Å². The van der Waals surface area contributed by atoms with E-state index in [4.69, 9.17) is 9.47 Å². The van der Waals surface area contributed by atoms with E-state index in [1.165, 1.54) is 12.1 Å². The summed E-state index contributed by atoms with van der Waals surface area (Å²) in [5.74, 6) is -0.0753. The molecule has 0 radical (unpaired) electrons. The van der Waals surface area contributed by atoms with Crippen molar-refractivity contribution < 1.29 is 18.7 Å². The maximum absolute atomic E-state index is 12.9. The molecule has 0 N–H and O–H groups in total. The van der Waals surface area contributed by atoms with Gasteiger partial charge in [0.2, 0.25) is 5.90 Å². The Kier molecular flexibility index (Phi) is 3.93. The Balaban J connectivity index is 1.99. The predicted octanol–water partition coefficient (Wildman–Crippen LogP) is 3.49. The summed E-state index contributed by atoms with van der Waals surface area (Å²) in [5.41, 5.74) is 2.36. The number of nitrogens with zero attached hydrogens (tertiary/aromatic N) is 1. The number of methoxy groups -OCH3 is 1. The molecule has 3 rings (SSSR count). The summed E-state index contributed by atoms with van der Waals surface area (Å²) in [6, 6.07) is 11.3. The van der Waals surface area contributed by atoms with Crippen LogP contribution in [0.3, 0.4) is 0 Å². The van der Waals surface area contributed by atoms with Gasteiger partial charge in [0.15, 0.2) is 5.70 Å². The number of carbonyl (C=O) groups excluding carboxylic acids is 1. The van der Waals surface area contributed by atoms with E-state index < -0.39 is 5.97 Å². The molecule has 23 heavy (non-hydrogen) atoms. The van der Waals surface area contributed by atoms with Gasteiger partial charge in [-0.25, -0.2) is 14.2 Å². The number of halogens is 1. The first-order valence-electron chi connectivity index (χ1n) is 7.00. The first kappa shape index (κ1) is 15.0. The molecule has 116 valence electrons. The van der Waals surface area contributed by atoms with Gasteiger partial charge in [0.05, 0.1) is 12.7 Å². The zero-order valence-corrected chi connectivity index (χ0v) is 12.7. The Morgan fingerprint density at radius 1 is 1.17 bits per heavy atom. The maximum atomic E-state index is 12.9. The van der Waals surface area contributed by atoms with Gasteiger partial charge in [0, 0.05) is 0 Å². The summed E-state index contributed by atoms with van der Waals surface area (Å²) < 4.78 is 23.5. The number of esters is 1. The number of aliphatic imine (C=N–C) groups is 1. The molecule has 0 amide bonds. The van der Waals surface area contributed by atoms with Gasteiger partial charge in [-0.3, -0.25) is 0 Å². The maximum Gasteiger partial charge on any atom is 0.363 e. The molecule has 2 aromatic carbocycles. The summed E-state index contributed by atoms with van der Waals surface area (Å²) in [7, 11) is 1.55. The molecule has 0 unspecified atom stereocenters. The van der Waals surface area contributed by atoms with Crippen molar-refractivity contribution in [2.24, 2.45) is 4.99 Å². The van der Waals surface area contributed by atoms with Crippen LogP contribution in [-0.2, 0) is 9.53 Å². The molecule has 0 fully saturated rings. The van der Waals surface area contributed by atoms with Gasteiger partial charge in [-0.2, -0.15) is 0 Å². The second-order valence-corrected chi connectivity index (χ2v) is 5.04.